The molecule has 5 nitrogen and oxygen atoms in total. The Morgan fingerprint density at radius 2 is 2.00 bits per heavy atom. The highest BCUT2D eigenvalue weighted by molar-refractivity contribution is 7.99. The maximum absolute atomic E-state index is 12.8. The van der Waals surface area contributed by atoms with Crippen LogP contribution >= 0.6 is 23.1 Å². The predicted molar refractivity (Wildman–Crippen MR) is 125 cm³/mol. The molecule has 0 aliphatic carbocycles. The van der Waals surface area contributed by atoms with Crippen LogP contribution in [0.25, 0.3) is 22.0 Å². The monoisotopic (exact) mass is 445 g/mol. The summed E-state index contributed by atoms with van der Waals surface area (Å²) in [7, 11) is 1.62. The molecule has 2 heterocycles. The molecule has 0 amide bonds. The Morgan fingerprint density at radius 3 is 2.68 bits per heavy atom. The van der Waals surface area contributed by atoms with Crippen molar-refractivity contribution >= 4 is 39.8 Å². The van der Waals surface area contributed by atoms with E-state index in [1.165, 1.54) is 23.1 Å². The van der Waals surface area contributed by atoms with Gasteiger partial charge in [0, 0.05) is 22.5 Å². The number of carbonyl (C=O) groups excluding carboxylic acids is 1. The molecule has 154 valence electrons. The van der Waals surface area contributed by atoms with Crippen LogP contribution in [0.5, 0.6) is 5.75 Å². The first-order valence-electron chi connectivity index (χ1n) is 9.60. The Hall–Kier alpha value is -3.21. The number of Topliss-reactive ketones (excluding diaryl/α,β-unsaturated/α-hetero) is 1. The first kappa shape index (κ1) is 21.0. The summed E-state index contributed by atoms with van der Waals surface area (Å²) in [6.07, 6.45) is 0. The number of rotatable bonds is 7. The van der Waals surface area contributed by atoms with Crippen molar-refractivity contribution < 1.29 is 9.53 Å². The third-order valence-corrected chi connectivity index (χ3v) is 6.74. The maximum atomic E-state index is 12.8. The zero-order chi connectivity index (χ0) is 21.8. The summed E-state index contributed by atoms with van der Waals surface area (Å²) in [5, 5.41) is 13.6. The molecule has 0 bridgehead atoms. The number of ether oxygens (including phenoxy) is 1. The third-order valence-electron chi connectivity index (χ3n) is 4.78. The second kappa shape index (κ2) is 9.29. The first-order chi connectivity index (χ1) is 15.1. The van der Waals surface area contributed by atoms with E-state index in [0.29, 0.717) is 5.01 Å². The molecule has 4 rings (SSSR count). The lowest BCUT2D eigenvalue weighted by Gasteiger charge is -2.11. The van der Waals surface area contributed by atoms with Crippen molar-refractivity contribution in [3.05, 3.63) is 70.7 Å². The summed E-state index contributed by atoms with van der Waals surface area (Å²) >= 11 is 2.68. The molecule has 2 aromatic carbocycles. The van der Waals surface area contributed by atoms with Crippen LogP contribution in [-0.4, -0.2) is 28.6 Å². The lowest BCUT2D eigenvalue weighted by molar-refractivity contribution is -0.116. The highest BCUT2D eigenvalue weighted by Crippen LogP contribution is 2.34. The third kappa shape index (κ3) is 4.61. The van der Waals surface area contributed by atoms with Crippen molar-refractivity contribution in [2.45, 2.75) is 17.9 Å². The van der Waals surface area contributed by atoms with E-state index >= 15 is 0 Å². The number of thioether (sulfide) groups is 1. The number of aryl methyl sites for hydroxylation is 1. The van der Waals surface area contributed by atoms with Gasteiger partial charge >= 0.3 is 0 Å². The molecule has 0 N–H and O–H groups in total. The number of pyridine rings is 1. The van der Waals surface area contributed by atoms with Gasteiger partial charge in [-0.05, 0) is 36.2 Å². The van der Waals surface area contributed by atoms with Crippen molar-refractivity contribution in [3.8, 4) is 22.9 Å². The van der Waals surface area contributed by atoms with Gasteiger partial charge in [0.2, 0.25) is 0 Å². The van der Waals surface area contributed by atoms with E-state index in [1.807, 2.05) is 54.8 Å². The van der Waals surface area contributed by atoms with Crippen molar-refractivity contribution in [1.29, 1.82) is 5.26 Å². The minimum Gasteiger partial charge on any atom is -0.497 e. The smallest absolute Gasteiger partial charge is 0.167 e. The SMILES string of the molecule is COc1ccc2c(-c3ccccc3)cc(SCC(=O)[C@H](C#N)c3nc(C)cs3)nc2c1. The number of benzene rings is 2. The minimum absolute atomic E-state index is 0.146. The predicted octanol–water partition coefficient (Wildman–Crippen LogP) is 5.64. The molecule has 0 spiro atoms. The van der Waals surface area contributed by atoms with Crippen LogP contribution in [0.1, 0.15) is 16.6 Å². The molecule has 0 radical (unpaired) electrons. The number of thiazole rings is 1. The first-order valence-corrected chi connectivity index (χ1v) is 11.5. The quantitative estimate of drug-likeness (QED) is 0.343. The molecule has 0 fully saturated rings. The molecular weight excluding hydrogens is 426 g/mol. The normalized spacial score (nSPS) is 11.8. The zero-order valence-corrected chi connectivity index (χ0v) is 18.7. The molecule has 0 aliphatic rings. The number of aromatic nitrogens is 2. The van der Waals surface area contributed by atoms with E-state index in [0.717, 1.165) is 38.5 Å². The summed E-state index contributed by atoms with van der Waals surface area (Å²) in [6, 6.07) is 20.0. The lowest BCUT2D eigenvalue weighted by atomic mass is 10.0. The van der Waals surface area contributed by atoms with Crippen molar-refractivity contribution in [1.82, 2.24) is 9.97 Å². The molecule has 4 aromatic rings. The van der Waals surface area contributed by atoms with Crippen LogP contribution in [-0.2, 0) is 4.79 Å². The number of methoxy groups -OCH3 is 1. The van der Waals surface area contributed by atoms with Crippen LogP contribution in [0.2, 0.25) is 0 Å². The molecule has 0 aliphatic heterocycles. The number of carbonyl (C=O) groups is 1. The van der Waals surface area contributed by atoms with E-state index in [2.05, 4.69) is 23.2 Å². The lowest BCUT2D eigenvalue weighted by Crippen LogP contribution is -2.13. The Labute approximate surface area is 188 Å². The molecule has 31 heavy (non-hydrogen) atoms. The summed E-state index contributed by atoms with van der Waals surface area (Å²) in [5.41, 5.74) is 3.72. The van der Waals surface area contributed by atoms with Gasteiger partial charge in [-0.1, -0.05) is 42.1 Å². The van der Waals surface area contributed by atoms with Gasteiger partial charge in [-0.15, -0.1) is 11.3 Å². The van der Waals surface area contributed by atoms with E-state index < -0.39 is 5.92 Å². The maximum Gasteiger partial charge on any atom is 0.167 e. The number of ketones is 1. The molecule has 0 saturated heterocycles. The van der Waals surface area contributed by atoms with Crippen LogP contribution in [0.3, 0.4) is 0 Å². The largest absolute Gasteiger partial charge is 0.497 e. The Kier molecular flexibility index (Phi) is 6.31. The van der Waals surface area contributed by atoms with E-state index in [-0.39, 0.29) is 11.5 Å². The summed E-state index contributed by atoms with van der Waals surface area (Å²) in [6.45, 7) is 1.85. The number of hydrogen-bond donors (Lipinski definition) is 0. The van der Waals surface area contributed by atoms with Gasteiger partial charge in [0.25, 0.3) is 0 Å². The van der Waals surface area contributed by atoms with Gasteiger partial charge < -0.3 is 4.74 Å². The van der Waals surface area contributed by atoms with Gasteiger partial charge in [-0.2, -0.15) is 5.26 Å². The molecule has 0 unspecified atom stereocenters. The number of fused-ring (bicyclic) bond motifs is 1. The molecule has 2 aromatic heterocycles. The molecule has 0 saturated carbocycles. The van der Waals surface area contributed by atoms with E-state index in [9.17, 15) is 10.1 Å². The van der Waals surface area contributed by atoms with Gasteiger partial charge in [0.15, 0.2) is 11.7 Å². The van der Waals surface area contributed by atoms with Crippen molar-refractivity contribution in [2.24, 2.45) is 0 Å². The Balaban J connectivity index is 1.66. The number of nitrogens with zero attached hydrogens (tertiary/aromatic N) is 3. The fourth-order valence-electron chi connectivity index (χ4n) is 3.24. The van der Waals surface area contributed by atoms with E-state index in [1.54, 1.807) is 7.11 Å². The highest BCUT2D eigenvalue weighted by Gasteiger charge is 2.23. The summed E-state index contributed by atoms with van der Waals surface area (Å²) in [4.78, 5) is 21.8. The number of hydrogen-bond acceptors (Lipinski definition) is 7. The average molecular weight is 446 g/mol. The van der Waals surface area contributed by atoms with Crippen LogP contribution in [0.4, 0.5) is 0 Å². The molecule has 7 heteroatoms. The Bertz CT molecular complexity index is 1280. The fourth-order valence-corrected chi connectivity index (χ4v) is 4.92. The minimum atomic E-state index is -0.847. The fraction of sp³-hybridized carbons (Fsp3) is 0.167. The van der Waals surface area contributed by atoms with Crippen LogP contribution < -0.4 is 4.74 Å². The van der Waals surface area contributed by atoms with Crippen molar-refractivity contribution in [2.75, 3.05) is 12.9 Å². The highest BCUT2D eigenvalue weighted by atomic mass is 32.2. The summed E-state index contributed by atoms with van der Waals surface area (Å²) < 4.78 is 5.36. The van der Waals surface area contributed by atoms with Crippen LogP contribution in [0, 0.1) is 18.3 Å². The van der Waals surface area contributed by atoms with Gasteiger partial charge in [0.05, 0.1) is 29.5 Å². The standard InChI is InChI=1S/C24H19N3O2S2/c1-15-13-31-24(26-15)20(12-25)22(28)14-30-23-11-19(16-6-4-3-5-7-16)18-9-8-17(29-2)10-21(18)27-23/h3-11,13,20H,14H2,1-2H3/t20-/m0/s1. The van der Waals surface area contributed by atoms with E-state index in [4.69, 9.17) is 9.72 Å². The second-order valence-electron chi connectivity index (χ2n) is 6.90. The van der Waals surface area contributed by atoms with Gasteiger partial charge in [-0.3, -0.25) is 4.79 Å². The molecule has 1 atom stereocenters. The van der Waals surface area contributed by atoms with Crippen LogP contribution in [0.15, 0.2) is 65.0 Å². The van der Waals surface area contributed by atoms with Crippen molar-refractivity contribution in [3.63, 3.8) is 0 Å². The average Bonchev–Trinajstić information content (AvgIpc) is 3.23. The summed E-state index contributed by atoms with van der Waals surface area (Å²) in [5.74, 6) is -0.148. The van der Waals surface area contributed by atoms with Gasteiger partial charge in [0.1, 0.15) is 10.8 Å². The Morgan fingerprint density at radius 1 is 1.19 bits per heavy atom. The molecular formula is C24H19N3O2S2. The zero-order valence-electron chi connectivity index (χ0n) is 17.0. The second-order valence-corrected chi connectivity index (χ2v) is 8.79. The van der Waals surface area contributed by atoms with Gasteiger partial charge in [-0.25, -0.2) is 9.97 Å². The topological polar surface area (TPSA) is 75.9 Å². The number of nitriles is 1.